The van der Waals surface area contributed by atoms with Crippen LogP contribution in [0.4, 0.5) is 5.69 Å². The topological polar surface area (TPSA) is 165 Å². The van der Waals surface area contributed by atoms with E-state index in [1.54, 1.807) is 0 Å². The Morgan fingerprint density at radius 1 is 0.842 bits per heavy atom. The number of carbonyl (C=O) groups excluding carboxylic acids is 2. The van der Waals surface area contributed by atoms with Gasteiger partial charge in [-0.2, -0.15) is 16.8 Å². The minimum Gasteiger partial charge on any atom is -0.465 e. The van der Waals surface area contributed by atoms with Gasteiger partial charge in [0.25, 0.3) is 20.2 Å². The lowest BCUT2D eigenvalue weighted by Crippen LogP contribution is -2.27. The molecule has 0 fully saturated rings. The first-order valence-electron chi connectivity index (χ1n) is 10.4. The molecule has 0 saturated heterocycles. The van der Waals surface area contributed by atoms with Crippen LogP contribution in [0.1, 0.15) is 11.1 Å². The van der Waals surface area contributed by atoms with Crippen LogP contribution in [0.2, 0.25) is 5.02 Å². The molecule has 0 unspecified atom stereocenters. The van der Waals surface area contributed by atoms with Crippen LogP contribution in [-0.4, -0.2) is 52.1 Å². The van der Waals surface area contributed by atoms with Crippen molar-refractivity contribution in [1.82, 2.24) is 0 Å². The first-order valence-corrected chi connectivity index (χ1v) is 13.7. The largest absolute Gasteiger partial charge is 0.465 e. The van der Waals surface area contributed by atoms with Crippen LogP contribution in [-0.2, 0) is 39.3 Å². The van der Waals surface area contributed by atoms with Gasteiger partial charge >= 0.3 is 11.9 Å². The summed E-state index contributed by atoms with van der Waals surface area (Å²) >= 11 is 5.82. The molecule has 38 heavy (non-hydrogen) atoms. The predicted octanol–water partition coefficient (Wildman–Crippen LogP) is 3.49. The average Bonchev–Trinajstić information content (AvgIpc) is 3.09. The van der Waals surface area contributed by atoms with Crippen molar-refractivity contribution >= 4 is 61.6 Å². The number of carbonyl (C=O) groups is 2. The van der Waals surface area contributed by atoms with Gasteiger partial charge in [0.2, 0.25) is 0 Å². The molecule has 0 saturated carbocycles. The van der Waals surface area contributed by atoms with E-state index >= 15 is 0 Å². The number of rotatable bonds is 7. The van der Waals surface area contributed by atoms with Crippen LogP contribution < -0.4 is 4.90 Å². The second-order valence-electron chi connectivity index (χ2n) is 7.50. The summed E-state index contributed by atoms with van der Waals surface area (Å²) in [4.78, 5) is 25.0. The zero-order valence-electron chi connectivity index (χ0n) is 19.7. The van der Waals surface area contributed by atoms with E-state index in [4.69, 9.17) is 21.1 Å². The first kappa shape index (κ1) is 28.8. The standard InChI is InChI=1S/C24H20ClNO10S2/c1-35-23(27)19-5-3-4-12-26(22(19)24(28)36-2)18-11-9-16(21(14-18)38(32,33)34)7-6-15-8-10-17(25)13-20(15)37(29,30)31/h3-14H,1-2H3,(H,29,30,31)(H,32,33,34). The van der Waals surface area contributed by atoms with Crippen LogP contribution in [0.3, 0.4) is 0 Å². The Balaban J connectivity index is 2.19. The SMILES string of the molecule is COC(=O)C1=C(C(=O)OC)N(c2ccc(C=Cc3ccc(Cl)cc3S(=O)(=O)O)c(S(=O)(=O)O)c2)C=CC=C1. The van der Waals surface area contributed by atoms with Crippen LogP contribution in [0.25, 0.3) is 12.2 Å². The summed E-state index contributed by atoms with van der Waals surface area (Å²) in [6, 6.07) is 7.36. The molecule has 3 rings (SSSR count). The summed E-state index contributed by atoms with van der Waals surface area (Å²) in [6.07, 6.45) is 8.00. The molecule has 1 heterocycles. The second kappa shape index (κ2) is 11.3. The number of benzene rings is 2. The van der Waals surface area contributed by atoms with Gasteiger partial charge in [-0.1, -0.05) is 42.0 Å². The van der Waals surface area contributed by atoms with Gasteiger partial charge in [0, 0.05) is 16.9 Å². The molecule has 2 N–H and O–H groups in total. The summed E-state index contributed by atoms with van der Waals surface area (Å²) in [6.45, 7) is 0. The number of methoxy groups -OCH3 is 2. The number of anilines is 1. The Morgan fingerprint density at radius 3 is 1.95 bits per heavy atom. The Kier molecular flexibility index (Phi) is 8.59. The van der Waals surface area contributed by atoms with Crippen LogP contribution in [0.5, 0.6) is 0 Å². The van der Waals surface area contributed by atoms with Gasteiger partial charge in [0.15, 0.2) is 0 Å². The minimum absolute atomic E-state index is 0.0116. The molecule has 0 bridgehead atoms. The summed E-state index contributed by atoms with van der Waals surface area (Å²) < 4.78 is 77.0. The van der Waals surface area contributed by atoms with Gasteiger partial charge in [-0.15, -0.1) is 0 Å². The van der Waals surface area contributed by atoms with Crippen molar-refractivity contribution in [3.63, 3.8) is 0 Å². The van der Waals surface area contributed by atoms with Crippen molar-refractivity contribution < 1.29 is 45.0 Å². The Morgan fingerprint density at radius 2 is 1.39 bits per heavy atom. The van der Waals surface area contributed by atoms with Crippen molar-refractivity contribution in [2.45, 2.75) is 9.79 Å². The molecular weight excluding hydrogens is 562 g/mol. The van der Waals surface area contributed by atoms with E-state index in [0.29, 0.717) is 0 Å². The molecule has 2 aromatic carbocycles. The fourth-order valence-electron chi connectivity index (χ4n) is 3.45. The molecule has 1 aliphatic heterocycles. The molecule has 14 heteroatoms. The number of hydrogen-bond acceptors (Lipinski definition) is 9. The second-order valence-corrected chi connectivity index (χ2v) is 10.7. The molecule has 1 aliphatic rings. The molecule has 0 radical (unpaired) electrons. The smallest absolute Gasteiger partial charge is 0.355 e. The highest BCUT2D eigenvalue weighted by molar-refractivity contribution is 7.86. The number of halogens is 1. The normalized spacial score (nSPS) is 14.1. The predicted molar refractivity (Wildman–Crippen MR) is 138 cm³/mol. The van der Waals surface area contributed by atoms with E-state index in [1.807, 2.05) is 0 Å². The Hall–Kier alpha value is -3.75. The van der Waals surface area contributed by atoms with Gasteiger partial charge in [-0.05, 0) is 47.5 Å². The van der Waals surface area contributed by atoms with Crippen molar-refractivity contribution in [2.75, 3.05) is 19.1 Å². The molecule has 0 aliphatic carbocycles. The quantitative estimate of drug-likeness (QED) is 0.279. The first-order chi connectivity index (χ1) is 17.8. The lowest BCUT2D eigenvalue weighted by Gasteiger charge is -2.23. The van der Waals surface area contributed by atoms with Gasteiger partial charge in [-0.3, -0.25) is 9.11 Å². The van der Waals surface area contributed by atoms with Crippen LogP contribution in [0.15, 0.2) is 81.9 Å². The van der Waals surface area contributed by atoms with Crippen molar-refractivity contribution in [2.24, 2.45) is 0 Å². The zero-order chi connectivity index (χ0) is 28.3. The van der Waals surface area contributed by atoms with Gasteiger partial charge in [0.05, 0.1) is 19.8 Å². The monoisotopic (exact) mass is 581 g/mol. The van der Waals surface area contributed by atoms with Crippen LogP contribution in [0, 0.1) is 0 Å². The maximum atomic E-state index is 12.6. The molecule has 0 atom stereocenters. The maximum absolute atomic E-state index is 12.6. The van der Waals surface area contributed by atoms with E-state index in [9.17, 15) is 35.5 Å². The number of hydrogen-bond donors (Lipinski definition) is 2. The third kappa shape index (κ3) is 6.38. The summed E-state index contributed by atoms with van der Waals surface area (Å²) in [5.41, 5.74) is -0.500. The zero-order valence-corrected chi connectivity index (χ0v) is 22.1. The molecular formula is C24H20ClNO10S2. The lowest BCUT2D eigenvalue weighted by molar-refractivity contribution is -0.139. The summed E-state index contributed by atoms with van der Waals surface area (Å²) in [5.74, 6) is -1.79. The van der Waals surface area contributed by atoms with Crippen LogP contribution >= 0.6 is 11.6 Å². The fraction of sp³-hybridized carbons (Fsp3) is 0.0833. The van der Waals surface area contributed by atoms with E-state index in [1.165, 1.54) is 65.7 Å². The van der Waals surface area contributed by atoms with Gasteiger partial charge in [0.1, 0.15) is 15.5 Å². The number of esters is 2. The highest BCUT2D eigenvalue weighted by Crippen LogP contribution is 2.31. The molecule has 0 amide bonds. The minimum atomic E-state index is -4.86. The molecule has 200 valence electrons. The highest BCUT2D eigenvalue weighted by atomic mass is 35.5. The average molecular weight is 582 g/mol. The van der Waals surface area contributed by atoms with Gasteiger partial charge < -0.3 is 14.4 Å². The fourth-order valence-corrected chi connectivity index (χ4v) is 5.10. The number of ether oxygens (including phenoxy) is 2. The molecule has 0 aromatic heterocycles. The van der Waals surface area contributed by atoms with E-state index in [2.05, 4.69) is 0 Å². The lowest BCUT2D eigenvalue weighted by atomic mass is 10.1. The maximum Gasteiger partial charge on any atom is 0.355 e. The number of allylic oxidation sites excluding steroid dienone is 2. The summed E-state index contributed by atoms with van der Waals surface area (Å²) in [5, 5.41) is 0.0403. The number of nitrogens with zero attached hydrogens (tertiary/aromatic N) is 1. The van der Waals surface area contributed by atoms with Gasteiger partial charge in [-0.25, -0.2) is 9.59 Å². The van der Waals surface area contributed by atoms with Crippen molar-refractivity contribution in [1.29, 1.82) is 0 Å². The van der Waals surface area contributed by atoms with E-state index < -0.39 is 42.0 Å². The highest BCUT2D eigenvalue weighted by Gasteiger charge is 2.28. The third-order valence-electron chi connectivity index (χ3n) is 5.14. The third-order valence-corrected chi connectivity index (χ3v) is 7.19. The summed E-state index contributed by atoms with van der Waals surface area (Å²) in [7, 11) is -7.32. The van der Waals surface area contributed by atoms with E-state index in [-0.39, 0.29) is 33.1 Å². The Bertz CT molecular complexity index is 1640. The van der Waals surface area contributed by atoms with Crippen molar-refractivity contribution in [3.8, 4) is 0 Å². The van der Waals surface area contributed by atoms with Crippen molar-refractivity contribution in [3.05, 3.63) is 88.2 Å². The molecule has 11 nitrogen and oxygen atoms in total. The molecule has 2 aromatic rings. The molecule has 0 spiro atoms. The van der Waals surface area contributed by atoms with E-state index in [0.717, 1.165) is 26.4 Å². The Labute approximate surface area is 223 Å².